The SMILES string of the molecule is C/C=C/CCOC/C=N/O. The minimum Gasteiger partial charge on any atom is -0.411 e. The van der Waals surface area contributed by atoms with Gasteiger partial charge in [-0.3, -0.25) is 0 Å². The number of hydrogen-bond acceptors (Lipinski definition) is 3. The molecule has 3 nitrogen and oxygen atoms in total. The van der Waals surface area contributed by atoms with Crippen molar-refractivity contribution in [2.75, 3.05) is 13.2 Å². The molecular weight excluding hydrogens is 130 g/mol. The van der Waals surface area contributed by atoms with Gasteiger partial charge >= 0.3 is 0 Å². The third-order valence-corrected chi connectivity index (χ3v) is 0.939. The Morgan fingerprint density at radius 2 is 2.40 bits per heavy atom. The minimum absolute atomic E-state index is 0.383. The van der Waals surface area contributed by atoms with Gasteiger partial charge in [0, 0.05) is 0 Å². The number of rotatable bonds is 5. The number of ether oxygens (including phenoxy) is 1. The van der Waals surface area contributed by atoms with Crippen molar-refractivity contribution in [2.24, 2.45) is 5.16 Å². The van der Waals surface area contributed by atoms with Gasteiger partial charge in [-0.25, -0.2) is 0 Å². The molecular formula is C7H13NO2. The normalized spacial score (nSPS) is 11.7. The summed E-state index contributed by atoms with van der Waals surface area (Å²) in [5.74, 6) is 0. The van der Waals surface area contributed by atoms with Gasteiger partial charge in [-0.05, 0) is 13.3 Å². The van der Waals surface area contributed by atoms with Crippen molar-refractivity contribution in [3.8, 4) is 0 Å². The van der Waals surface area contributed by atoms with E-state index in [1.54, 1.807) is 0 Å². The first-order valence-electron chi connectivity index (χ1n) is 3.26. The van der Waals surface area contributed by atoms with Crippen molar-refractivity contribution in [3.05, 3.63) is 12.2 Å². The molecule has 0 amide bonds. The zero-order valence-electron chi connectivity index (χ0n) is 6.16. The monoisotopic (exact) mass is 143 g/mol. The summed E-state index contributed by atoms with van der Waals surface area (Å²) in [4.78, 5) is 0. The van der Waals surface area contributed by atoms with E-state index < -0.39 is 0 Å². The van der Waals surface area contributed by atoms with Crippen LogP contribution in [0.3, 0.4) is 0 Å². The molecule has 0 unspecified atom stereocenters. The van der Waals surface area contributed by atoms with E-state index in [9.17, 15) is 0 Å². The molecule has 0 aliphatic heterocycles. The highest BCUT2D eigenvalue weighted by Crippen LogP contribution is 1.83. The van der Waals surface area contributed by atoms with E-state index in [1.807, 2.05) is 19.1 Å². The number of oxime groups is 1. The highest BCUT2D eigenvalue weighted by molar-refractivity contribution is 5.57. The van der Waals surface area contributed by atoms with Gasteiger partial charge in [0.05, 0.1) is 19.4 Å². The van der Waals surface area contributed by atoms with Crippen LogP contribution in [0.4, 0.5) is 0 Å². The summed E-state index contributed by atoms with van der Waals surface area (Å²) in [6, 6.07) is 0. The number of allylic oxidation sites excluding steroid dienone is 1. The maximum Gasteiger partial charge on any atom is 0.0852 e. The molecule has 0 saturated carbocycles. The fourth-order valence-corrected chi connectivity index (χ4v) is 0.487. The summed E-state index contributed by atoms with van der Waals surface area (Å²) in [6.45, 7) is 3.03. The Hall–Kier alpha value is -0.830. The van der Waals surface area contributed by atoms with Crippen LogP contribution in [0.5, 0.6) is 0 Å². The Bertz CT molecular complexity index is 96.2. The summed E-state index contributed by atoms with van der Waals surface area (Å²) in [6.07, 6.45) is 6.23. The van der Waals surface area contributed by atoms with Crippen molar-refractivity contribution < 1.29 is 9.94 Å². The molecule has 0 aromatic rings. The molecule has 0 heterocycles. The van der Waals surface area contributed by atoms with Gasteiger partial charge in [0.25, 0.3) is 0 Å². The van der Waals surface area contributed by atoms with E-state index in [2.05, 4.69) is 5.16 Å². The highest BCUT2D eigenvalue weighted by Gasteiger charge is 1.80. The molecule has 0 atom stereocenters. The molecule has 0 aliphatic carbocycles. The standard InChI is InChI=1S/C7H13NO2/c1-2-3-4-6-10-7-5-8-9/h2-3,5,9H,4,6-7H2,1H3/b3-2+,8-5+. The first-order chi connectivity index (χ1) is 4.91. The van der Waals surface area contributed by atoms with Gasteiger partial charge in [-0.15, -0.1) is 0 Å². The molecule has 0 saturated heterocycles. The minimum atomic E-state index is 0.383. The Labute approximate surface area is 61.0 Å². The lowest BCUT2D eigenvalue weighted by Gasteiger charge is -1.94. The van der Waals surface area contributed by atoms with E-state index in [0.717, 1.165) is 6.42 Å². The summed E-state index contributed by atoms with van der Waals surface area (Å²) < 4.78 is 5.02. The lowest BCUT2D eigenvalue weighted by molar-refractivity contribution is 0.176. The Morgan fingerprint density at radius 1 is 1.60 bits per heavy atom. The van der Waals surface area contributed by atoms with Gasteiger partial charge in [-0.2, -0.15) is 0 Å². The summed E-state index contributed by atoms with van der Waals surface area (Å²) >= 11 is 0. The van der Waals surface area contributed by atoms with E-state index >= 15 is 0 Å². The van der Waals surface area contributed by atoms with Crippen molar-refractivity contribution in [2.45, 2.75) is 13.3 Å². The third-order valence-electron chi connectivity index (χ3n) is 0.939. The highest BCUT2D eigenvalue weighted by atomic mass is 16.5. The van der Waals surface area contributed by atoms with Crippen molar-refractivity contribution in [3.63, 3.8) is 0 Å². The molecule has 0 rings (SSSR count). The summed E-state index contributed by atoms with van der Waals surface area (Å²) in [5, 5.41) is 10.7. The molecule has 0 fully saturated rings. The van der Waals surface area contributed by atoms with Crippen LogP contribution in [0.1, 0.15) is 13.3 Å². The Balaban J connectivity index is 2.90. The topological polar surface area (TPSA) is 41.8 Å². The molecule has 0 aliphatic rings. The van der Waals surface area contributed by atoms with Crippen LogP contribution in [0.2, 0.25) is 0 Å². The van der Waals surface area contributed by atoms with Crippen LogP contribution in [0, 0.1) is 0 Å². The number of nitrogens with zero attached hydrogens (tertiary/aromatic N) is 1. The van der Waals surface area contributed by atoms with E-state index in [-0.39, 0.29) is 0 Å². The van der Waals surface area contributed by atoms with Crippen molar-refractivity contribution in [1.29, 1.82) is 0 Å². The van der Waals surface area contributed by atoms with Gasteiger partial charge in [0.15, 0.2) is 0 Å². The molecule has 1 N–H and O–H groups in total. The van der Waals surface area contributed by atoms with Crippen molar-refractivity contribution >= 4 is 6.21 Å². The van der Waals surface area contributed by atoms with E-state index in [4.69, 9.17) is 9.94 Å². The fraction of sp³-hybridized carbons (Fsp3) is 0.571. The van der Waals surface area contributed by atoms with Gasteiger partial charge in [0.2, 0.25) is 0 Å². The van der Waals surface area contributed by atoms with E-state index in [1.165, 1.54) is 6.21 Å². The molecule has 0 aromatic heterocycles. The second kappa shape index (κ2) is 8.17. The molecule has 0 radical (unpaired) electrons. The second-order valence-electron chi connectivity index (χ2n) is 1.73. The molecule has 0 aromatic carbocycles. The first-order valence-corrected chi connectivity index (χ1v) is 3.26. The number of hydrogen-bond donors (Lipinski definition) is 1. The zero-order chi connectivity index (χ0) is 7.66. The fourth-order valence-electron chi connectivity index (χ4n) is 0.487. The Kier molecular flexibility index (Phi) is 7.49. The van der Waals surface area contributed by atoms with Crippen LogP contribution < -0.4 is 0 Å². The average Bonchev–Trinajstić information content (AvgIpc) is 1.97. The Morgan fingerprint density at radius 3 is 3.00 bits per heavy atom. The molecule has 58 valence electrons. The molecule has 0 spiro atoms. The van der Waals surface area contributed by atoms with Gasteiger partial charge < -0.3 is 9.94 Å². The maximum absolute atomic E-state index is 7.94. The average molecular weight is 143 g/mol. The van der Waals surface area contributed by atoms with E-state index in [0.29, 0.717) is 13.2 Å². The van der Waals surface area contributed by atoms with Crippen LogP contribution >= 0.6 is 0 Å². The first kappa shape index (κ1) is 9.17. The zero-order valence-corrected chi connectivity index (χ0v) is 6.16. The summed E-state index contributed by atoms with van der Waals surface area (Å²) in [5.41, 5.74) is 0. The van der Waals surface area contributed by atoms with Crippen LogP contribution in [0.15, 0.2) is 17.3 Å². The van der Waals surface area contributed by atoms with Crippen LogP contribution in [-0.2, 0) is 4.74 Å². The van der Waals surface area contributed by atoms with Crippen LogP contribution in [0.25, 0.3) is 0 Å². The largest absolute Gasteiger partial charge is 0.411 e. The predicted molar refractivity (Wildman–Crippen MR) is 40.5 cm³/mol. The van der Waals surface area contributed by atoms with Gasteiger partial charge in [0.1, 0.15) is 0 Å². The third kappa shape index (κ3) is 7.17. The van der Waals surface area contributed by atoms with Gasteiger partial charge in [-0.1, -0.05) is 17.3 Å². The maximum atomic E-state index is 7.94. The quantitative estimate of drug-likeness (QED) is 0.208. The molecule has 10 heavy (non-hydrogen) atoms. The lowest BCUT2D eigenvalue weighted by atomic mass is 10.4. The molecule has 3 heteroatoms. The second-order valence-corrected chi connectivity index (χ2v) is 1.73. The molecule has 0 bridgehead atoms. The smallest absolute Gasteiger partial charge is 0.0852 e. The lowest BCUT2D eigenvalue weighted by Crippen LogP contribution is -1.96. The van der Waals surface area contributed by atoms with Crippen LogP contribution in [-0.4, -0.2) is 24.6 Å². The predicted octanol–water partition coefficient (Wildman–Crippen LogP) is 1.43. The van der Waals surface area contributed by atoms with Crippen molar-refractivity contribution in [1.82, 2.24) is 0 Å². The summed E-state index contributed by atoms with van der Waals surface area (Å²) in [7, 11) is 0.